The summed E-state index contributed by atoms with van der Waals surface area (Å²) in [7, 11) is -0.395. The Morgan fingerprint density at radius 2 is 1.36 bits per heavy atom. The molecule has 0 aliphatic rings. The normalized spacial score (nSPS) is 12.5. The summed E-state index contributed by atoms with van der Waals surface area (Å²) in [6.45, 7) is 1.63. The van der Waals surface area contributed by atoms with Crippen molar-refractivity contribution in [2.24, 2.45) is 0 Å². The van der Waals surface area contributed by atoms with Gasteiger partial charge in [0, 0.05) is 11.6 Å². The third kappa shape index (κ3) is 5.00. The molecule has 0 aromatic heterocycles. The molecule has 4 heteroatoms. The van der Waals surface area contributed by atoms with Gasteiger partial charge in [-0.05, 0) is 55.5 Å². The molecule has 4 aromatic rings. The standard InChI is InChI=1S/C29H22FO2S/c1-3-29(2,23-17-19-24(30)20-18-23)32-28(31)22-11-10-16-27(21-22)33(25-12-6-4-7-13-25)26-14-8-5-9-15-26/h1,4-21H,2H3/q+1. The molecule has 162 valence electrons. The van der Waals surface area contributed by atoms with Crippen LogP contribution in [0.3, 0.4) is 0 Å². The number of esters is 1. The van der Waals surface area contributed by atoms with Gasteiger partial charge in [-0.25, -0.2) is 9.18 Å². The topological polar surface area (TPSA) is 26.3 Å². The summed E-state index contributed by atoms with van der Waals surface area (Å²) in [5.41, 5.74) is -0.383. The largest absolute Gasteiger partial charge is 0.438 e. The second-order valence-electron chi connectivity index (χ2n) is 7.53. The third-order valence-corrected chi connectivity index (χ3v) is 7.44. The second-order valence-corrected chi connectivity index (χ2v) is 9.56. The summed E-state index contributed by atoms with van der Waals surface area (Å²) in [5, 5.41) is 0. The number of hydrogen-bond donors (Lipinski definition) is 0. The van der Waals surface area contributed by atoms with Crippen LogP contribution in [0.5, 0.6) is 0 Å². The molecular weight excluding hydrogens is 431 g/mol. The molecule has 4 aromatic carbocycles. The molecule has 2 nitrogen and oxygen atoms in total. The van der Waals surface area contributed by atoms with Crippen molar-refractivity contribution >= 4 is 16.9 Å². The number of rotatable bonds is 6. The Balaban J connectivity index is 1.68. The van der Waals surface area contributed by atoms with E-state index in [-0.39, 0.29) is 5.82 Å². The van der Waals surface area contributed by atoms with Crippen molar-refractivity contribution in [3.8, 4) is 12.3 Å². The van der Waals surface area contributed by atoms with Crippen molar-refractivity contribution in [1.29, 1.82) is 0 Å². The fraction of sp³-hybridized carbons (Fsp3) is 0.0690. The van der Waals surface area contributed by atoms with Crippen LogP contribution in [0.15, 0.2) is 124 Å². The SMILES string of the molecule is C#CC(C)(OC(=O)c1cccc([S+](c2ccccc2)c2ccccc2)c1)c1ccc(F)cc1. The van der Waals surface area contributed by atoms with E-state index in [9.17, 15) is 9.18 Å². The number of carbonyl (C=O) groups excluding carboxylic acids is 1. The van der Waals surface area contributed by atoms with Crippen LogP contribution in [-0.2, 0) is 21.2 Å². The van der Waals surface area contributed by atoms with Gasteiger partial charge in [0.05, 0.1) is 16.5 Å². The van der Waals surface area contributed by atoms with Crippen LogP contribution in [0.25, 0.3) is 0 Å². The molecule has 0 amide bonds. The van der Waals surface area contributed by atoms with Gasteiger partial charge in [0.25, 0.3) is 0 Å². The van der Waals surface area contributed by atoms with Crippen LogP contribution >= 0.6 is 0 Å². The van der Waals surface area contributed by atoms with E-state index < -0.39 is 22.5 Å². The molecule has 0 aliphatic heterocycles. The summed E-state index contributed by atoms with van der Waals surface area (Å²) in [6, 6.07) is 33.5. The Morgan fingerprint density at radius 3 is 1.91 bits per heavy atom. The van der Waals surface area contributed by atoms with E-state index in [1.165, 1.54) is 24.3 Å². The number of hydrogen-bond acceptors (Lipinski definition) is 2. The second kappa shape index (κ2) is 9.77. The van der Waals surface area contributed by atoms with Crippen molar-refractivity contribution < 1.29 is 13.9 Å². The molecule has 1 unspecified atom stereocenters. The molecule has 0 fully saturated rings. The van der Waals surface area contributed by atoms with Crippen LogP contribution in [-0.4, -0.2) is 5.97 Å². The predicted octanol–water partition coefficient (Wildman–Crippen LogP) is 6.63. The van der Waals surface area contributed by atoms with Crippen LogP contribution in [0.2, 0.25) is 0 Å². The highest BCUT2D eigenvalue weighted by Gasteiger charge is 2.32. The van der Waals surface area contributed by atoms with Gasteiger partial charge in [0.1, 0.15) is 5.82 Å². The number of halogens is 1. The van der Waals surface area contributed by atoms with Gasteiger partial charge < -0.3 is 4.74 Å². The first-order valence-electron chi connectivity index (χ1n) is 10.4. The minimum atomic E-state index is -1.32. The average Bonchev–Trinajstić information content (AvgIpc) is 2.86. The molecule has 0 spiro atoms. The monoisotopic (exact) mass is 453 g/mol. The molecule has 0 aliphatic carbocycles. The molecule has 33 heavy (non-hydrogen) atoms. The molecule has 0 N–H and O–H groups in total. The lowest BCUT2D eigenvalue weighted by atomic mass is 9.96. The average molecular weight is 454 g/mol. The fourth-order valence-electron chi connectivity index (χ4n) is 3.46. The van der Waals surface area contributed by atoms with Crippen molar-refractivity contribution in [2.45, 2.75) is 27.2 Å². The first-order valence-corrected chi connectivity index (χ1v) is 11.6. The summed E-state index contributed by atoms with van der Waals surface area (Å²) in [4.78, 5) is 16.4. The van der Waals surface area contributed by atoms with Crippen LogP contribution in [0.1, 0.15) is 22.8 Å². The zero-order valence-electron chi connectivity index (χ0n) is 18.1. The molecule has 4 rings (SSSR count). The number of carbonyl (C=O) groups is 1. The zero-order valence-corrected chi connectivity index (χ0v) is 18.9. The maximum atomic E-state index is 13.3. The first kappa shape index (κ1) is 22.4. The van der Waals surface area contributed by atoms with Crippen molar-refractivity contribution in [3.05, 3.63) is 126 Å². The van der Waals surface area contributed by atoms with Crippen LogP contribution in [0, 0.1) is 18.2 Å². The molecule has 0 heterocycles. The van der Waals surface area contributed by atoms with Crippen LogP contribution < -0.4 is 0 Å². The molecule has 0 saturated heterocycles. The van der Waals surface area contributed by atoms with Gasteiger partial charge in [0.2, 0.25) is 0 Å². The van der Waals surface area contributed by atoms with Crippen LogP contribution in [0.4, 0.5) is 4.39 Å². The van der Waals surface area contributed by atoms with Gasteiger partial charge in [-0.1, -0.05) is 60.5 Å². The van der Waals surface area contributed by atoms with Gasteiger partial charge in [0.15, 0.2) is 20.3 Å². The first-order chi connectivity index (χ1) is 16.0. The van der Waals surface area contributed by atoms with E-state index in [0.29, 0.717) is 11.1 Å². The summed E-state index contributed by atoms with van der Waals surface area (Å²) < 4.78 is 19.1. The van der Waals surface area contributed by atoms with E-state index in [1.54, 1.807) is 13.0 Å². The minimum Gasteiger partial charge on any atom is -0.438 e. The van der Waals surface area contributed by atoms with Gasteiger partial charge in [-0.3, -0.25) is 0 Å². The lowest BCUT2D eigenvalue weighted by Crippen LogP contribution is -2.27. The Morgan fingerprint density at radius 1 is 0.818 bits per heavy atom. The van der Waals surface area contributed by atoms with Gasteiger partial charge >= 0.3 is 5.97 Å². The Kier molecular flexibility index (Phi) is 6.63. The highest BCUT2D eigenvalue weighted by Crippen LogP contribution is 2.32. The van der Waals surface area contributed by atoms with Gasteiger partial charge in [-0.15, -0.1) is 6.42 Å². The van der Waals surface area contributed by atoms with Crippen molar-refractivity contribution in [1.82, 2.24) is 0 Å². The Hall–Kier alpha value is -3.81. The van der Waals surface area contributed by atoms with E-state index >= 15 is 0 Å². The van der Waals surface area contributed by atoms with Crippen molar-refractivity contribution in [3.63, 3.8) is 0 Å². The van der Waals surface area contributed by atoms with E-state index in [4.69, 9.17) is 11.2 Å². The van der Waals surface area contributed by atoms with E-state index in [1.807, 2.05) is 54.6 Å². The predicted molar refractivity (Wildman–Crippen MR) is 129 cm³/mol. The lowest BCUT2D eigenvalue weighted by Gasteiger charge is -2.24. The number of terminal acetylenes is 1. The quantitative estimate of drug-likeness (QED) is 0.186. The molecule has 0 radical (unpaired) electrons. The van der Waals surface area contributed by atoms with Crippen molar-refractivity contribution in [2.75, 3.05) is 0 Å². The minimum absolute atomic E-state index is 0.383. The molecule has 0 bridgehead atoms. The van der Waals surface area contributed by atoms with E-state index in [0.717, 1.165) is 14.7 Å². The highest BCUT2D eigenvalue weighted by atomic mass is 32.2. The fourth-order valence-corrected chi connectivity index (χ4v) is 5.59. The lowest BCUT2D eigenvalue weighted by molar-refractivity contribution is 0.0129. The summed E-state index contributed by atoms with van der Waals surface area (Å²) in [5.74, 6) is 1.62. The molecule has 1 atom stereocenters. The highest BCUT2D eigenvalue weighted by molar-refractivity contribution is 7.97. The summed E-state index contributed by atoms with van der Waals surface area (Å²) in [6.07, 6.45) is 5.71. The van der Waals surface area contributed by atoms with E-state index in [2.05, 4.69) is 30.2 Å². The third-order valence-electron chi connectivity index (χ3n) is 5.23. The summed E-state index contributed by atoms with van der Waals surface area (Å²) >= 11 is 0. The Labute approximate surface area is 196 Å². The zero-order chi connectivity index (χ0) is 23.3. The number of benzene rings is 4. The Bertz CT molecular complexity index is 1240. The maximum absolute atomic E-state index is 13.3. The molecular formula is C29H22FO2S+. The number of ether oxygens (including phenoxy) is 1. The smallest absolute Gasteiger partial charge is 0.340 e. The van der Waals surface area contributed by atoms with Gasteiger partial charge in [-0.2, -0.15) is 0 Å². The molecule has 0 saturated carbocycles. The maximum Gasteiger partial charge on any atom is 0.340 e.